The molecule has 0 bridgehead atoms. The maximum atomic E-state index is 12.2. The molecule has 98 valence electrons. The summed E-state index contributed by atoms with van der Waals surface area (Å²) in [6.07, 6.45) is 0. The molecule has 2 aromatic carbocycles. The van der Waals surface area contributed by atoms with E-state index in [9.17, 15) is 14.9 Å². The van der Waals surface area contributed by atoms with Crippen molar-refractivity contribution in [3.8, 4) is 0 Å². The van der Waals surface area contributed by atoms with Crippen molar-refractivity contribution < 1.29 is 14.1 Å². The topological polar surface area (TPSA) is 73.3 Å². The van der Waals surface area contributed by atoms with Gasteiger partial charge in [-0.2, -0.15) is 0 Å². The lowest BCUT2D eigenvalue weighted by molar-refractivity contribution is -0.384. The van der Waals surface area contributed by atoms with Gasteiger partial charge in [-0.3, -0.25) is 14.9 Å². The Balaban J connectivity index is 1.97. The number of para-hydroxylation sites is 1. The summed E-state index contributed by atoms with van der Waals surface area (Å²) in [5.74, 6) is -0.0730. The monoisotopic (exact) mass is 267 g/mol. The molecule has 1 heterocycles. The van der Waals surface area contributed by atoms with Crippen LogP contribution < -0.4 is 0 Å². The molecule has 3 rings (SSSR count). The molecule has 20 heavy (non-hydrogen) atoms. The first kappa shape index (κ1) is 12.1. The minimum atomic E-state index is -0.505. The molecular formula is C15H9NO4. The number of non-ortho nitro benzene ring substituents is 1. The van der Waals surface area contributed by atoms with Gasteiger partial charge in [-0.25, -0.2) is 0 Å². The molecule has 0 spiro atoms. The largest absolute Gasteiger partial charge is 0.453 e. The van der Waals surface area contributed by atoms with Crippen molar-refractivity contribution >= 4 is 22.4 Å². The van der Waals surface area contributed by atoms with Crippen LogP contribution in [0.15, 0.2) is 59.0 Å². The minimum Gasteiger partial charge on any atom is -0.453 e. The zero-order valence-electron chi connectivity index (χ0n) is 10.3. The molecule has 0 N–H and O–H groups in total. The lowest BCUT2D eigenvalue weighted by Gasteiger charge is -1.97. The zero-order chi connectivity index (χ0) is 14.1. The van der Waals surface area contributed by atoms with E-state index in [1.807, 2.05) is 18.2 Å². The highest BCUT2D eigenvalue weighted by Gasteiger charge is 2.15. The first-order valence-corrected chi connectivity index (χ1v) is 5.93. The van der Waals surface area contributed by atoms with Gasteiger partial charge >= 0.3 is 0 Å². The number of hydrogen-bond acceptors (Lipinski definition) is 4. The normalized spacial score (nSPS) is 10.6. The van der Waals surface area contributed by atoms with E-state index in [2.05, 4.69) is 0 Å². The fourth-order valence-corrected chi connectivity index (χ4v) is 1.97. The van der Waals surface area contributed by atoms with Crippen LogP contribution in [0.2, 0.25) is 0 Å². The summed E-state index contributed by atoms with van der Waals surface area (Å²) in [4.78, 5) is 22.3. The molecule has 0 aliphatic heterocycles. The number of nitrogens with zero attached hydrogens (tertiary/aromatic N) is 1. The highest BCUT2D eigenvalue weighted by Crippen LogP contribution is 2.22. The highest BCUT2D eigenvalue weighted by molar-refractivity contribution is 6.09. The number of benzene rings is 2. The smallest absolute Gasteiger partial charge is 0.269 e. The van der Waals surface area contributed by atoms with E-state index in [0.717, 1.165) is 5.39 Å². The van der Waals surface area contributed by atoms with Crippen LogP contribution in [0, 0.1) is 10.1 Å². The first-order chi connectivity index (χ1) is 9.65. The van der Waals surface area contributed by atoms with Crippen LogP contribution in [-0.4, -0.2) is 10.7 Å². The average Bonchev–Trinajstić information content (AvgIpc) is 2.90. The van der Waals surface area contributed by atoms with E-state index in [-0.39, 0.29) is 17.2 Å². The van der Waals surface area contributed by atoms with Crippen molar-refractivity contribution in [2.24, 2.45) is 0 Å². The van der Waals surface area contributed by atoms with E-state index in [4.69, 9.17) is 4.42 Å². The van der Waals surface area contributed by atoms with Crippen molar-refractivity contribution in [1.29, 1.82) is 0 Å². The van der Waals surface area contributed by atoms with Crippen molar-refractivity contribution in [2.45, 2.75) is 0 Å². The molecule has 5 nitrogen and oxygen atoms in total. The number of furan rings is 1. The van der Waals surface area contributed by atoms with Gasteiger partial charge in [0, 0.05) is 23.1 Å². The fourth-order valence-electron chi connectivity index (χ4n) is 1.97. The summed E-state index contributed by atoms with van der Waals surface area (Å²) >= 11 is 0. The van der Waals surface area contributed by atoms with Crippen LogP contribution in [-0.2, 0) is 0 Å². The summed E-state index contributed by atoms with van der Waals surface area (Å²) in [5.41, 5.74) is 0.943. The van der Waals surface area contributed by atoms with Crippen molar-refractivity contribution in [1.82, 2.24) is 0 Å². The van der Waals surface area contributed by atoms with Gasteiger partial charge < -0.3 is 4.42 Å². The van der Waals surface area contributed by atoms with Crippen LogP contribution in [0.1, 0.15) is 16.1 Å². The number of fused-ring (bicyclic) bond motifs is 1. The molecule has 1 aromatic heterocycles. The number of carbonyl (C=O) groups excluding carboxylic acids is 1. The summed E-state index contributed by atoms with van der Waals surface area (Å²) in [6, 6.07) is 14.4. The zero-order valence-corrected chi connectivity index (χ0v) is 10.3. The van der Waals surface area contributed by atoms with Crippen LogP contribution in [0.4, 0.5) is 5.69 Å². The quantitative estimate of drug-likeness (QED) is 0.413. The van der Waals surface area contributed by atoms with Crippen molar-refractivity contribution in [2.75, 3.05) is 0 Å². The third kappa shape index (κ3) is 2.05. The van der Waals surface area contributed by atoms with Crippen LogP contribution in [0.3, 0.4) is 0 Å². The Labute approximate surface area is 113 Å². The molecule has 0 unspecified atom stereocenters. The van der Waals surface area contributed by atoms with Crippen LogP contribution >= 0.6 is 0 Å². The number of ketones is 1. The van der Waals surface area contributed by atoms with Gasteiger partial charge in [0.1, 0.15) is 5.58 Å². The van der Waals surface area contributed by atoms with Crippen LogP contribution in [0.25, 0.3) is 11.0 Å². The standard InChI is InChI=1S/C15H9NO4/c17-15(10-5-7-12(8-6-10)16(18)19)14-9-11-3-1-2-4-13(11)20-14/h1-9H. The Bertz CT molecular complexity index is 769. The molecule has 3 aromatic rings. The predicted octanol–water partition coefficient (Wildman–Crippen LogP) is 3.57. The van der Waals surface area contributed by atoms with Crippen LogP contribution in [0.5, 0.6) is 0 Å². The lowest BCUT2D eigenvalue weighted by Crippen LogP contribution is -1.99. The molecule has 0 aliphatic carbocycles. The third-order valence-corrected chi connectivity index (χ3v) is 2.99. The van der Waals surface area contributed by atoms with E-state index >= 15 is 0 Å². The summed E-state index contributed by atoms with van der Waals surface area (Å²) in [6.45, 7) is 0. The maximum absolute atomic E-state index is 12.2. The van der Waals surface area contributed by atoms with Gasteiger partial charge in [-0.15, -0.1) is 0 Å². The van der Waals surface area contributed by atoms with Gasteiger partial charge in [-0.1, -0.05) is 18.2 Å². The Hall–Kier alpha value is -2.95. The van der Waals surface area contributed by atoms with Gasteiger partial charge in [0.25, 0.3) is 5.69 Å². The molecular weight excluding hydrogens is 258 g/mol. The second kappa shape index (κ2) is 4.62. The van der Waals surface area contributed by atoms with E-state index in [0.29, 0.717) is 11.1 Å². The van der Waals surface area contributed by atoms with E-state index in [1.54, 1.807) is 12.1 Å². The molecule has 0 saturated carbocycles. The molecule has 0 aliphatic rings. The summed E-state index contributed by atoms with van der Waals surface area (Å²) in [7, 11) is 0. The molecule has 0 atom stereocenters. The van der Waals surface area contributed by atoms with Gasteiger partial charge in [-0.05, 0) is 24.3 Å². The Morgan fingerprint density at radius 2 is 1.75 bits per heavy atom. The average molecular weight is 267 g/mol. The second-order valence-corrected chi connectivity index (χ2v) is 4.28. The second-order valence-electron chi connectivity index (χ2n) is 4.28. The molecule has 5 heteroatoms. The maximum Gasteiger partial charge on any atom is 0.269 e. The number of nitro benzene ring substituents is 1. The van der Waals surface area contributed by atoms with Crippen molar-refractivity contribution in [3.63, 3.8) is 0 Å². The lowest BCUT2D eigenvalue weighted by atomic mass is 10.1. The molecule has 0 saturated heterocycles. The molecule has 0 fully saturated rings. The third-order valence-electron chi connectivity index (χ3n) is 2.99. The van der Waals surface area contributed by atoms with Gasteiger partial charge in [0.15, 0.2) is 5.76 Å². The SMILES string of the molecule is O=C(c1ccc([N+](=O)[O-])cc1)c1cc2ccccc2o1. The van der Waals surface area contributed by atoms with E-state index in [1.165, 1.54) is 24.3 Å². The fraction of sp³-hybridized carbons (Fsp3) is 0. The Morgan fingerprint density at radius 3 is 2.40 bits per heavy atom. The first-order valence-electron chi connectivity index (χ1n) is 5.93. The Morgan fingerprint density at radius 1 is 1.05 bits per heavy atom. The van der Waals surface area contributed by atoms with E-state index < -0.39 is 4.92 Å². The van der Waals surface area contributed by atoms with Gasteiger partial charge in [0.2, 0.25) is 5.78 Å². The molecule has 0 amide bonds. The number of hydrogen-bond donors (Lipinski definition) is 0. The van der Waals surface area contributed by atoms with Crippen molar-refractivity contribution in [3.05, 3.63) is 76.0 Å². The predicted molar refractivity (Wildman–Crippen MR) is 72.7 cm³/mol. The molecule has 0 radical (unpaired) electrons. The Kier molecular flexibility index (Phi) is 2.80. The highest BCUT2D eigenvalue weighted by atomic mass is 16.6. The number of rotatable bonds is 3. The number of carbonyl (C=O) groups is 1. The van der Waals surface area contributed by atoms with Gasteiger partial charge in [0.05, 0.1) is 4.92 Å². The minimum absolute atomic E-state index is 0.0499. The summed E-state index contributed by atoms with van der Waals surface area (Å²) < 4.78 is 5.48. The number of nitro groups is 1. The summed E-state index contributed by atoms with van der Waals surface area (Å²) in [5, 5.41) is 11.4.